The minimum atomic E-state index is -0.509. The molecular formula is C16H29NO. The Morgan fingerprint density at radius 3 is 3.06 bits per heavy atom. The fourth-order valence-electron chi connectivity index (χ4n) is 3.74. The van der Waals surface area contributed by atoms with Gasteiger partial charge in [0.05, 0.1) is 5.60 Å². The first-order valence-corrected chi connectivity index (χ1v) is 7.69. The van der Waals surface area contributed by atoms with Crippen LogP contribution < -0.4 is 0 Å². The molecule has 2 saturated heterocycles. The largest absolute Gasteiger partial charge is 0.388 e. The van der Waals surface area contributed by atoms with Gasteiger partial charge in [-0.25, -0.2) is 0 Å². The Hall–Kier alpha value is -0.340. The van der Waals surface area contributed by atoms with Crippen molar-refractivity contribution < 1.29 is 5.11 Å². The summed E-state index contributed by atoms with van der Waals surface area (Å²) in [5.41, 5.74) is 0.951. The molecule has 2 aliphatic rings. The molecule has 3 atom stereocenters. The maximum atomic E-state index is 10.6. The SMILES string of the molecule is CCCC[C@@H](C)/C=C1\CN2CCC[C@H]2[C@](C)(O)C1. The molecule has 104 valence electrons. The van der Waals surface area contributed by atoms with Crippen LogP contribution in [0, 0.1) is 5.92 Å². The average molecular weight is 251 g/mol. The summed E-state index contributed by atoms with van der Waals surface area (Å²) in [5.74, 6) is 0.662. The van der Waals surface area contributed by atoms with E-state index in [-0.39, 0.29) is 0 Å². The van der Waals surface area contributed by atoms with Gasteiger partial charge in [0.25, 0.3) is 0 Å². The first-order chi connectivity index (χ1) is 8.53. The molecule has 0 amide bonds. The molecule has 2 heteroatoms. The number of fused-ring (bicyclic) bond motifs is 1. The first-order valence-electron chi connectivity index (χ1n) is 7.69. The summed E-state index contributed by atoms with van der Waals surface area (Å²) in [6.45, 7) is 8.85. The zero-order chi connectivity index (χ0) is 13.2. The van der Waals surface area contributed by atoms with Crippen molar-refractivity contribution in [3.8, 4) is 0 Å². The van der Waals surface area contributed by atoms with Crippen LogP contribution in [0.15, 0.2) is 11.6 Å². The third-order valence-electron chi connectivity index (χ3n) is 4.61. The molecule has 0 radical (unpaired) electrons. The van der Waals surface area contributed by atoms with Crippen LogP contribution >= 0.6 is 0 Å². The lowest BCUT2D eigenvalue weighted by Gasteiger charge is -2.43. The van der Waals surface area contributed by atoms with Crippen molar-refractivity contribution in [2.75, 3.05) is 13.1 Å². The highest BCUT2D eigenvalue weighted by molar-refractivity contribution is 5.17. The van der Waals surface area contributed by atoms with Crippen molar-refractivity contribution in [3.63, 3.8) is 0 Å². The molecular weight excluding hydrogens is 222 g/mol. The van der Waals surface area contributed by atoms with Crippen LogP contribution in [-0.4, -0.2) is 34.7 Å². The maximum absolute atomic E-state index is 10.6. The van der Waals surface area contributed by atoms with Gasteiger partial charge in [-0.05, 0) is 45.1 Å². The third-order valence-corrected chi connectivity index (χ3v) is 4.61. The summed E-state index contributed by atoms with van der Waals surface area (Å²) >= 11 is 0. The summed E-state index contributed by atoms with van der Waals surface area (Å²) < 4.78 is 0. The molecule has 0 unspecified atom stereocenters. The van der Waals surface area contributed by atoms with E-state index in [9.17, 15) is 5.11 Å². The Kier molecular flexibility index (Phi) is 4.50. The van der Waals surface area contributed by atoms with Gasteiger partial charge < -0.3 is 5.11 Å². The lowest BCUT2D eigenvalue weighted by molar-refractivity contribution is -0.0330. The van der Waals surface area contributed by atoms with E-state index in [1.54, 1.807) is 0 Å². The Bertz CT molecular complexity index is 308. The molecule has 0 aromatic heterocycles. The summed E-state index contributed by atoms with van der Waals surface area (Å²) in [5, 5.41) is 10.6. The van der Waals surface area contributed by atoms with Gasteiger partial charge in [0.1, 0.15) is 0 Å². The Morgan fingerprint density at radius 1 is 1.56 bits per heavy atom. The normalized spacial score (nSPS) is 36.9. The second-order valence-corrected chi connectivity index (χ2v) is 6.61. The highest BCUT2D eigenvalue weighted by atomic mass is 16.3. The van der Waals surface area contributed by atoms with Crippen LogP contribution in [0.2, 0.25) is 0 Å². The van der Waals surface area contributed by atoms with Crippen molar-refractivity contribution in [1.29, 1.82) is 0 Å². The van der Waals surface area contributed by atoms with Crippen molar-refractivity contribution >= 4 is 0 Å². The van der Waals surface area contributed by atoms with Crippen molar-refractivity contribution in [3.05, 3.63) is 11.6 Å². The van der Waals surface area contributed by atoms with Gasteiger partial charge in [0, 0.05) is 12.6 Å². The summed E-state index contributed by atoms with van der Waals surface area (Å²) in [6.07, 6.45) is 9.60. The fraction of sp³-hybridized carbons (Fsp3) is 0.875. The first kappa shape index (κ1) is 14.1. The number of piperidine rings is 1. The van der Waals surface area contributed by atoms with Crippen LogP contribution in [0.1, 0.15) is 59.3 Å². The summed E-state index contributed by atoms with van der Waals surface area (Å²) in [7, 11) is 0. The second-order valence-electron chi connectivity index (χ2n) is 6.61. The van der Waals surface area contributed by atoms with E-state index < -0.39 is 5.60 Å². The smallest absolute Gasteiger partial charge is 0.0811 e. The fourth-order valence-corrected chi connectivity index (χ4v) is 3.74. The zero-order valence-corrected chi connectivity index (χ0v) is 12.3. The quantitative estimate of drug-likeness (QED) is 0.775. The molecule has 18 heavy (non-hydrogen) atoms. The molecule has 1 N–H and O–H groups in total. The Labute approximate surface area is 112 Å². The highest BCUT2D eigenvalue weighted by Crippen LogP contribution is 2.37. The average Bonchev–Trinajstić information content (AvgIpc) is 2.74. The molecule has 2 nitrogen and oxygen atoms in total. The molecule has 2 rings (SSSR count). The third kappa shape index (κ3) is 3.16. The minimum Gasteiger partial charge on any atom is -0.388 e. The van der Waals surface area contributed by atoms with E-state index in [2.05, 4.69) is 24.8 Å². The monoisotopic (exact) mass is 251 g/mol. The van der Waals surface area contributed by atoms with E-state index in [0.717, 1.165) is 13.0 Å². The van der Waals surface area contributed by atoms with Gasteiger partial charge >= 0.3 is 0 Å². The van der Waals surface area contributed by atoms with Gasteiger partial charge in [-0.2, -0.15) is 0 Å². The van der Waals surface area contributed by atoms with Crippen LogP contribution in [0.4, 0.5) is 0 Å². The van der Waals surface area contributed by atoms with Crippen LogP contribution in [0.3, 0.4) is 0 Å². The molecule has 2 fully saturated rings. The zero-order valence-electron chi connectivity index (χ0n) is 12.3. The van der Waals surface area contributed by atoms with Crippen LogP contribution in [0.5, 0.6) is 0 Å². The maximum Gasteiger partial charge on any atom is 0.0811 e. The minimum absolute atomic E-state index is 0.403. The van der Waals surface area contributed by atoms with Crippen molar-refractivity contribution in [2.24, 2.45) is 5.92 Å². The van der Waals surface area contributed by atoms with E-state index in [1.807, 2.05) is 6.92 Å². The number of allylic oxidation sites excluding steroid dienone is 1. The number of hydrogen-bond donors (Lipinski definition) is 1. The molecule has 2 heterocycles. The van der Waals surface area contributed by atoms with E-state index in [1.165, 1.54) is 44.2 Å². The van der Waals surface area contributed by atoms with Crippen LogP contribution in [-0.2, 0) is 0 Å². The van der Waals surface area contributed by atoms with Gasteiger partial charge in [-0.1, -0.05) is 38.3 Å². The predicted octanol–water partition coefficient (Wildman–Crippen LogP) is 3.36. The summed E-state index contributed by atoms with van der Waals surface area (Å²) in [4.78, 5) is 2.49. The van der Waals surface area contributed by atoms with Crippen molar-refractivity contribution in [2.45, 2.75) is 70.9 Å². The summed E-state index contributed by atoms with van der Waals surface area (Å²) in [6, 6.07) is 0.403. The molecule has 0 aromatic carbocycles. The van der Waals surface area contributed by atoms with Gasteiger partial charge in [-0.3, -0.25) is 4.90 Å². The molecule has 0 bridgehead atoms. The predicted molar refractivity (Wildman–Crippen MR) is 76.6 cm³/mol. The molecule has 0 saturated carbocycles. The molecule has 0 aromatic rings. The number of rotatable bonds is 4. The number of aliphatic hydroxyl groups is 1. The standard InChI is InChI=1S/C16H29NO/c1-4-5-7-13(2)10-14-11-16(3,18)15-8-6-9-17(15)12-14/h10,13,15,18H,4-9,11-12H2,1-3H3/b14-10-/t13-,15+,16-/m1/s1. The van der Waals surface area contributed by atoms with Gasteiger partial charge in [0.2, 0.25) is 0 Å². The lowest BCUT2D eigenvalue weighted by atomic mass is 9.82. The van der Waals surface area contributed by atoms with Gasteiger partial charge in [-0.15, -0.1) is 0 Å². The number of nitrogens with zero attached hydrogens (tertiary/aromatic N) is 1. The van der Waals surface area contributed by atoms with E-state index in [4.69, 9.17) is 0 Å². The lowest BCUT2D eigenvalue weighted by Crippen LogP contribution is -2.52. The highest BCUT2D eigenvalue weighted by Gasteiger charge is 2.43. The Morgan fingerprint density at radius 2 is 2.33 bits per heavy atom. The second kappa shape index (κ2) is 5.75. The molecule has 2 aliphatic heterocycles. The van der Waals surface area contributed by atoms with Gasteiger partial charge in [0.15, 0.2) is 0 Å². The Balaban J connectivity index is 2.00. The molecule has 0 aliphatic carbocycles. The van der Waals surface area contributed by atoms with E-state index in [0.29, 0.717) is 12.0 Å². The van der Waals surface area contributed by atoms with Crippen LogP contribution in [0.25, 0.3) is 0 Å². The number of unbranched alkanes of at least 4 members (excludes halogenated alkanes) is 1. The molecule has 0 spiro atoms. The van der Waals surface area contributed by atoms with Crippen molar-refractivity contribution in [1.82, 2.24) is 4.90 Å². The van der Waals surface area contributed by atoms with E-state index >= 15 is 0 Å². The number of hydrogen-bond acceptors (Lipinski definition) is 2. The topological polar surface area (TPSA) is 23.5 Å².